The summed E-state index contributed by atoms with van der Waals surface area (Å²) in [5.74, 6) is -0.473. The monoisotopic (exact) mass is 376 g/mol. The Labute approximate surface area is 153 Å². The second kappa shape index (κ2) is 7.80. The van der Waals surface area contributed by atoms with Crippen LogP contribution in [0.5, 0.6) is 0 Å². The van der Waals surface area contributed by atoms with Crippen molar-refractivity contribution < 1.29 is 9.53 Å². The first-order chi connectivity index (χ1) is 12.1. The van der Waals surface area contributed by atoms with E-state index in [9.17, 15) is 9.59 Å². The number of unbranched alkanes of at least 4 members (excludes halogenated alkanes) is 1. The summed E-state index contributed by atoms with van der Waals surface area (Å²) in [6, 6.07) is 7.29. The van der Waals surface area contributed by atoms with Crippen LogP contribution in [0.3, 0.4) is 0 Å². The van der Waals surface area contributed by atoms with Crippen LogP contribution in [-0.2, 0) is 11.3 Å². The summed E-state index contributed by atoms with van der Waals surface area (Å²) in [5, 5.41) is 2.56. The zero-order valence-electron chi connectivity index (χ0n) is 13.7. The number of halogens is 1. The first-order valence-corrected chi connectivity index (χ1v) is 9.24. The molecule has 0 aliphatic rings. The first kappa shape index (κ1) is 17.6. The molecule has 0 saturated heterocycles. The summed E-state index contributed by atoms with van der Waals surface area (Å²) in [4.78, 5) is 29.9. The number of hydrogen-bond donors (Lipinski definition) is 0. The van der Waals surface area contributed by atoms with Crippen LogP contribution < -0.4 is 5.56 Å². The third-order valence-electron chi connectivity index (χ3n) is 3.75. The molecule has 0 atom stereocenters. The van der Waals surface area contributed by atoms with E-state index in [1.807, 2.05) is 19.1 Å². The van der Waals surface area contributed by atoms with Gasteiger partial charge in [0, 0.05) is 10.4 Å². The molecular formula is C18H17ClN2O3S. The lowest BCUT2D eigenvalue weighted by Crippen LogP contribution is -2.22. The smallest absolute Gasteiger partial charge is 0.339 e. The van der Waals surface area contributed by atoms with Gasteiger partial charge in [-0.05, 0) is 24.1 Å². The normalized spacial score (nSPS) is 11.0. The van der Waals surface area contributed by atoms with Gasteiger partial charge in [-0.1, -0.05) is 37.1 Å². The van der Waals surface area contributed by atoms with Crippen LogP contribution >= 0.6 is 22.9 Å². The van der Waals surface area contributed by atoms with Gasteiger partial charge in [0.25, 0.3) is 5.56 Å². The molecule has 3 aromatic rings. The number of esters is 1. The highest BCUT2D eigenvalue weighted by atomic mass is 35.5. The van der Waals surface area contributed by atoms with Gasteiger partial charge in [-0.15, -0.1) is 11.3 Å². The number of nitrogens with zero attached hydrogens (tertiary/aromatic N) is 2. The van der Waals surface area contributed by atoms with Crippen LogP contribution in [0.2, 0.25) is 5.02 Å². The molecule has 2 heterocycles. The van der Waals surface area contributed by atoms with Crippen LogP contribution in [0.25, 0.3) is 10.2 Å². The van der Waals surface area contributed by atoms with Gasteiger partial charge in [0.15, 0.2) is 0 Å². The fourth-order valence-corrected chi connectivity index (χ4v) is 3.53. The lowest BCUT2D eigenvalue weighted by Gasteiger charge is -2.07. The molecule has 0 saturated carbocycles. The zero-order valence-corrected chi connectivity index (χ0v) is 15.3. The first-order valence-electron chi connectivity index (χ1n) is 7.98. The number of ether oxygens (including phenoxy) is 1. The predicted octanol–water partition coefficient (Wildman–Crippen LogP) is 4.12. The largest absolute Gasteiger partial charge is 0.462 e. The molecule has 0 amide bonds. The maximum absolute atomic E-state index is 12.8. The molecule has 1 aromatic carbocycles. The van der Waals surface area contributed by atoms with E-state index in [1.54, 1.807) is 17.5 Å². The Morgan fingerprint density at radius 1 is 1.40 bits per heavy atom. The number of benzene rings is 1. The van der Waals surface area contributed by atoms with Crippen LogP contribution in [0, 0.1) is 0 Å². The standard InChI is InChI=1S/C18H17ClN2O3S/c1-2-3-7-24-18(23)14-10-25-16-15(14)17(22)21(11-20-16)9-12-5-4-6-13(19)8-12/h4-6,8,10-11H,2-3,7,9H2,1H3. The number of aromatic nitrogens is 2. The van der Waals surface area contributed by atoms with Crippen LogP contribution in [0.15, 0.2) is 40.8 Å². The van der Waals surface area contributed by atoms with Crippen LogP contribution in [0.1, 0.15) is 35.7 Å². The Morgan fingerprint density at radius 2 is 2.24 bits per heavy atom. The van der Waals surface area contributed by atoms with Gasteiger partial charge in [-0.2, -0.15) is 0 Å². The van der Waals surface area contributed by atoms with E-state index in [4.69, 9.17) is 16.3 Å². The topological polar surface area (TPSA) is 61.2 Å². The summed E-state index contributed by atoms with van der Waals surface area (Å²) >= 11 is 7.26. The fourth-order valence-electron chi connectivity index (χ4n) is 2.45. The minimum absolute atomic E-state index is 0.256. The Kier molecular flexibility index (Phi) is 5.50. The van der Waals surface area contributed by atoms with Crippen molar-refractivity contribution in [1.82, 2.24) is 9.55 Å². The highest BCUT2D eigenvalue weighted by Gasteiger charge is 2.18. The molecular weight excluding hydrogens is 360 g/mol. The average Bonchev–Trinajstić information content (AvgIpc) is 3.02. The maximum atomic E-state index is 12.8. The molecule has 0 unspecified atom stereocenters. The number of rotatable bonds is 6. The number of carbonyl (C=O) groups excluding carboxylic acids is 1. The second-order valence-electron chi connectivity index (χ2n) is 5.63. The predicted molar refractivity (Wildman–Crippen MR) is 99.6 cm³/mol. The highest BCUT2D eigenvalue weighted by molar-refractivity contribution is 7.17. The van der Waals surface area contributed by atoms with Crippen molar-refractivity contribution in [2.24, 2.45) is 0 Å². The molecule has 0 bridgehead atoms. The number of fused-ring (bicyclic) bond motifs is 1. The minimum atomic E-state index is -0.473. The zero-order chi connectivity index (χ0) is 17.8. The van der Waals surface area contributed by atoms with E-state index >= 15 is 0 Å². The van der Waals surface area contributed by atoms with E-state index in [0.29, 0.717) is 28.4 Å². The van der Waals surface area contributed by atoms with Gasteiger partial charge in [-0.25, -0.2) is 9.78 Å². The third kappa shape index (κ3) is 3.91. The van der Waals surface area contributed by atoms with Crippen molar-refractivity contribution in [3.8, 4) is 0 Å². The van der Waals surface area contributed by atoms with E-state index in [2.05, 4.69) is 4.98 Å². The van der Waals surface area contributed by atoms with Gasteiger partial charge < -0.3 is 4.74 Å². The molecule has 5 nitrogen and oxygen atoms in total. The molecule has 7 heteroatoms. The lowest BCUT2D eigenvalue weighted by atomic mass is 10.2. The third-order valence-corrected chi connectivity index (χ3v) is 4.88. The SMILES string of the molecule is CCCCOC(=O)c1csc2ncn(Cc3cccc(Cl)c3)c(=O)c12. The highest BCUT2D eigenvalue weighted by Crippen LogP contribution is 2.22. The van der Waals surface area contributed by atoms with Gasteiger partial charge >= 0.3 is 5.97 Å². The average molecular weight is 377 g/mol. The second-order valence-corrected chi connectivity index (χ2v) is 6.92. The molecule has 25 heavy (non-hydrogen) atoms. The molecule has 0 radical (unpaired) electrons. The van der Waals surface area contributed by atoms with Crippen molar-refractivity contribution in [3.05, 3.63) is 62.5 Å². The summed E-state index contributed by atoms with van der Waals surface area (Å²) in [6.07, 6.45) is 3.23. The molecule has 0 fully saturated rings. The quantitative estimate of drug-likeness (QED) is 0.479. The van der Waals surface area contributed by atoms with Gasteiger partial charge in [0.05, 0.1) is 30.4 Å². The van der Waals surface area contributed by atoms with Crippen molar-refractivity contribution in [2.75, 3.05) is 6.61 Å². The van der Waals surface area contributed by atoms with E-state index in [-0.39, 0.29) is 11.1 Å². The van der Waals surface area contributed by atoms with E-state index in [1.165, 1.54) is 22.2 Å². The molecule has 0 aliphatic heterocycles. The van der Waals surface area contributed by atoms with E-state index in [0.717, 1.165) is 18.4 Å². The summed E-state index contributed by atoms with van der Waals surface area (Å²) in [5.41, 5.74) is 0.917. The number of carbonyl (C=O) groups is 1. The summed E-state index contributed by atoms with van der Waals surface area (Å²) < 4.78 is 6.71. The van der Waals surface area contributed by atoms with Crippen molar-refractivity contribution in [3.63, 3.8) is 0 Å². The summed E-state index contributed by atoms with van der Waals surface area (Å²) in [7, 11) is 0. The van der Waals surface area contributed by atoms with Crippen molar-refractivity contribution in [2.45, 2.75) is 26.3 Å². The van der Waals surface area contributed by atoms with Gasteiger partial charge in [0.2, 0.25) is 0 Å². The molecule has 2 aromatic heterocycles. The van der Waals surface area contributed by atoms with Gasteiger partial charge in [0.1, 0.15) is 4.83 Å². The molecule has 130 valence electrons. The Balaban J connectivity index is 1.94. The van der Waals surface area contributed by atoms with Crippen LogP contribution in [-0.4, -0.2) is 22.1 Å². The lowest BCUT2D eigenvalue weighted by molar-refractivity contribution is 0.0502. The Hall–Kier alpha value is -2.18. The van der Waals surface area contributed by atoms with Crippen LogP contribution in [0.4, 0.5) is 0 Å². The minimum Gasteiger partial charge on any atom is -0.462 e. The number of thiophene rings is 1. The molecule has 0 aliphatic carbocycles. The fraction of sp³-hybridized carbons (Fsp3) is 0.278. The van der Waals surface area contributed by atoms with E-state index < -0.39 is 5.97 Å². The van der Waals surface area contributed by atoms with Crippen molar-refractivity contribution in [1.29, 1.82) is 0 Å². The molecule has 0 spiro atoms. The number of hydrogen-bond acceptors (Lipinski definition) is 5. The molecule has 0 N–H and O–H groups in total. The molecule has 3 rings (SSSR count). The van der Waals surface area contributed by atoms with Gasteiger partial charge in [-0.3, -0.25) is 9.36 Å². The van der Waals surface area contributed by atoms with Crippen molar-refractivity contribution >= 4 is 39.1 Å². The Morgan fingerprint density at radius 3 is 3.00 bits per heavy atom. The maximum Gasteiger partial charge on any atom is 0.339 e. The Bertz CT molecular complexity index is 964. The summed E-state index contributed by atoms with van der Waals surface area (Å²) in [6.45, 7) is 2.71.